The maximum absolute atomic E-state index is 13.1. The SMILES string of the molecule is Cl.Oc1ccc2ccccc2c1[C@@H](CCF)N1CCNCC1. The van der Waals surface area contributed by atoms with Crippen LogP contribution < -0.4 is 5.32 Å². The van der Waals surface area contributed by atoms with Gasteiger partial charge in [-0.25, -0.2) is 0 Å². The van der Waals surface area contributed by atoms with E-state index in [-0.39, 0.29) is 30.9 Å². The molecule has 2 N–H and O–H groups in total. The molecule has 5 heteroatoms. The van der Waals surface area contributed by atoms with Crippen LogP contribution in [0.1, 0.15) is 18.0 Å². The lowest BCUT2D eigenvalue weighted by Gasteiger charge is -2.35. The minimum Gasteiger partial charge on any atom is -0.508 e. The summed E-state index contributed by atoms with van der Waals surface area (Å²) in [5, 5.41) is 15.8. The molecule has 3 rings (SSSR count). The summed E-state index contributed by atoms with van der Waals surface area (Å²) in [5.74, 6) is 0.269. The summed E-state index contributed by atoms with van der Waals surface area (Å²) in [7, 11) is 0. The molecule has 0 bridgehead atoms. The molecule has 1 atom stereocenters. The fraction of sp³-hybridized carbons (Fsp3) is 0.412. The van der Waals surface area contributed by atoms with E-state index in [1.807, 2.05) is 30.3 Å². The highest BCUT2D eigenvalue weighted by atomic mass is 35.5. The number of aromatic hydroxyl groups is 1. The molecule has 120 valence electrons. The van der Waals surface area contributed by atoms with Crippen molar-refractivity contribution in [1.29, 1.82) is 0 Å². The molecule has 0 aromatic heterocycles. The lowest BCUT2D eigenvalue weighted by atomic mass is 9.94. The van der Waals surface area contributed by atoms with E-state index in [0.29, 0.717) is 6.42 Å². The van der Waals surface area contributed by atoms with E-state index in [1.54, 1.807) is 6.07 Å². The maximum atomic E-state index is 13.1. The lowest BCUT2D eigenvalue weighted by Crippen LogP contribution is -2.45. The largest absolute Gasteiger partial charge is 0.508 e. The first-order chi connectivity index (χ1) is 10.3. The van der Waals surface area contributed by atoms with Crippen LogP contribution in [0.4, 0.5) is 4.39 Å². The first-order valence-electron chi connectivity index (χ1n) is 7.52. The van der Waals surface area contributed by atoms with Gasteiger partial charge < -0.3 is 10.4 Å². The van der Waals surface area contributed by atoms with Gasteiger partial charge in [-0.2, -0.15) is 0 Å². The Hall–Kier alpha value is -1.36. The third kappa shape index (κ3) is 3.35. The molecule has 2 aromatic carbocycles. The van der Waals surface area contributed by atoms with Gasteiger partial charge in [-0.1, -0.05) is 30.3 Å². The molecule has 0 radical (unpaired) electrons. The second kappa shape index (κ2) is 7.77. The summed E-state index contributed by atoms with van der Waals surface area (Å²) in [6, 6.07) is 11.6. The average molecular weight is 325 g/mol. The van der Waals surface area contributed by atoms with Gasteiger partial charge in [-0.05, 0) is 23.3 Å². The van der Waals surface area contributed by atoms with E-state index in [0.717, 1.165) is 42.5 Å². The van der Waals surface area contributed by atoms with Crippen LogP contribution in [-0.2, 0) is 0 Å². The standard InChI is InChI=1S/C17H21FN2O.ClH/c18-8-7-15(20-11-9-19-10-12-20)17-14-4-2-1-3-13(14)5-6-16(17)21;/h1-6,15,19,21H,7-12H2;1H/t15-;/m1./s1. The third-order valence-corrected chi connectivity index (χ3v) is 4.26. The van der Waals surface area contributed by atoms with Crippen LogP contribution in [0, 0.1) is 0 Å². The number of benzene rings is 2. The van der Waals surface area contributed by atoms with E-state index < -0.39 is 0 Å². The molecule has 3 nitrogen and oxygen atoms in total. The minimum atomic E-state index is -0.378. The molecule has 1 fully saturated rings. The monoisotopic (exact) mass is 324 g/mol. The fourth-order valence-electron chi connectivity index (χ4n) is 3.24. The normalized spacial score (nSPS) is 17.1. The number of phenols is 1. The van der Waals surface area contributed by atoms with Crippen LogP contribution in [0.15, 0.2) is 36.4 Å². The zero-order chi connectivity index (χ0) is 14.7. The van der Waals surface area contributed by atoms with Gasteiger partial charge >= 0.3 is 0 Å². The molecule has 1 heterocycles. The highest BCUT2D eigenvalue weighted by molar-refractivity contribution is 5.88. The Morgan fingerprint density at radius 3 is 2.59 bits per heavy atom. The van der Waals surface area contributed by atoms with Crippen molar-refractivity contribution in [3.63, 3.8) is 0 Å². The quantitative estimate of drug-likeness (QED) is 0.906. The number of hydrogen-bond donors (Lipinski definition) is 2. The van der Waals surface area contributed by atoms with Crippen molar-refractivity contribution in [1.82, 2.24) is 10.2 Å². The van der Waals surface area contributed by atoms with E-state index in [1.165, 1.54) is 0 Å². The Bertz CT molecular complexity index is 617. The first kappa shape index (κ1) is 17.0. The predicted molar refractivity (Wildman–Crippen MR) is 90.6 cm³/mol. The van der Waals surface area contributed by atoms with Gasteiger partial charge in [0.15, 0.2) is 0 Å². The van der Waals surface area contributed by atoms with Gasteiger partial charge in [-0.3, -0.25) is 9.29 Å². The van der Waals surface area contributed by atoms with Crippen molar-refractivity contribution < 1.29 is 9.50 Å². The van der Waals surface area contributed by atoms with Crippen molar-refractivity contribution >= 4 is 23.2 Å². The van der Waals surface area contributed by atoms with E-state index in [2.05, 4.69) is 10.2 Å². The van der Waals surface area contributed by atoms with Crippen LogP contribution in [0.25, 0.3) is 10.8 Å². The molecule has 22 heavy (non-hydrogen) atoms. The van der Waals surface area contributed by atoms with Gasteiger partial charge in [0.2, 0.25) is 0 Å². The number of alkyl halides is 1. The van der Waals surface area contributed by atoms with E-state index in [9.17, 15) is 9.50 Å². The second-order valence-corrected chi connectivity index (χ2v) is 5.50. The minimum absolute atomic E-state index is 0. The number of rotatable bonds is 4. The van der Waals surface area contributed by atoms with Crippen molar-refractivity contribution in [3.8, 4) is 5.75 Å². The highest BCUT2D eigenvalue weighted by Crippen LogP contribution is 2.37. The molecule has 2 aromatic rings. The molecular weight excluding hydrogens is 303 g/mol. The summed E-state index contributed by atoms with van der Waals surface area (Å²) in [5.41, 5.74) is 0.868. The summed E-state index contributed by atoms with van der Waals surface area (Å²) < 4.78 is 13.1. The Kier molecular flexibility index (Phi) is 6.00. The average Bonchev–Trinajstić information content (AvgIpc) is 2.54. The summed E-state index contributed by atoms with van der Waals surface area (Å²) in [6.07, 6.45) is 0.418. The Morgan fingerprint density at radius 1 is 1.14 bits per heavy atom. The number of hydrogen-bond acceptors (Lipinski definition) is 3. The zero-order valence-electron chi connectivity index (χ0n) is 12.5. The van der Waals surface area contributed by atoms with E-state index in [4.69, 9.17) is 0 Å². The summed E-state index contributed by atoms with van der Waals surface area (Å²) in [4.78, 5) is 2.28. The molecule has 0 saturated carbocycles. The Balaban J connectivity index is 0.00000176. The number of nitrogens with one attached hydrogen (secondary N) is 1. The third-order valence-electron chi connectivity index (χ3n) is 4.26. The molecular formula is C17H22ClFN2O. The van der Waals surface area contributed by atoms with Crippen LogP contribution in [0.3, 0.4) is 0 Å². The van der Waals surface area contributed by atoms with Crippen molar-refractivity contribution in [2.45, 2.75) is 12.5 Å². The van der Waals surface area contributed by atoms with Crippen LogP contribution in [0.5, 0.6) is 5.75 Å². The van der Waals surface area contributed by atoms with Crippen molar-refractivity contribution in [2.75, 3.05) is 32.9 Å². The van der Waals surface area contributed by atoms with Crippen LogP contribution in [0.2, 0.25) is 0 Å². The number of piperazine rings is 1. The summed E-state index contributed by atoms with van der Waals surface area (Å²) >= 11 is 0. The first-order valence-corrected chi connectivity index (χ1v) is 7.52. The van der Waals surface area contributed by atoms with Gasteiger partial charge in [0.05, 0.1) is 6.67 Å². The van der Waals surface area contributed by atoms with Crippen molar-refractivity contribution in [2.24, 2.45) is 0 Å². The van der Waals surface area contributed by atoms with Gasteiger partial charge in [0, 0.05) is 37.8 Å². The van der Waals surface area contributed by atoms with Crippen LogP contribution >= 0.6 is 12.4 Å². The smallest absolute Gasteiger partial charge is 0.121 e. The van der Waals surface area contributed by atoms with Crippen molar-refractivity contribution in [3.05, 3.63) is 42.0 Å². The van der Waals surface area contributed by atoms with Gasteiger partial charge in [-0.15, -0.1) is 12.4 Å². The number of nitrogens with zero attached hydrogens (tertiary/aromatic N) is 1. The zero-order valence-corrected chi connectivity index (χ0v) is 13.3. The second-order valence-electron chi connectivity index (χ2n) is 5.50. The van der Waals surface area contributed by atoms with Gasteiger partial charge in [0.25, 0.3) is 0 Å². The highest BCUT2D eigenvalue weighted by Gasteiger charge is 2.25. The number of fused-ring (bicyclic) bond motifs is 1. The van der Waals surface area contributed by atoms with Gasteiger partial charge in [0.1, 0.15) is 5.75 Å². The summed E-state index contributed by atoms with van der Waals surface area (Å²) in [6.45, 7) is 3.21. The molecule has 1 aliphatic heterocycles. The van der Waals surface area contributed by atoms with E-state index >= 15 is 0 Å². The molecule has 0 unspecified atom stereocenters. The van der Waals surface area contributed by atoms with Crippen LogP contribution in [-0.4, -0.2) is 42.9 Å². The maximum Gasteiger partial charge on any atom is 0.121 e. The Labute approximate surface area is 136 Å². The Morgan fingerprint density at radius 2 is 1.86 bits per heavy atom. The molecule has 1 aliphatic rings. The lowest BCUT2D eigenvalue weighted by molar-refractivity contribution is 0.156. The molecule has 0 spiro atoms. The molecule has 0 amide bonds. The molecule has 1 saturated heterocycles. The number of halogens is 2. The molecule has 0 aliphatic carbocycles. The predicted octanol–water partition coefficient (Wildman–Crippen LogP) is 3.27. The number of phenolic OH excluding ortho intramolecular Hbond substituents is 1. The topological polar surface area (TPSA) is 35.5 Å². The fourth-order valence-corrected chi connectivity index (χ4v) is 3.24.